The minimum atomic E-state index is -0.214. The fourth-order valence-corrected chi connectivity index (χ4v) is 5.44. The number of hydrazine groups is 1. The van der Waals surface area contributed by atoms with Gasteiger partial charge in [-0.3, -0.25) is 11.3 Å². The van der Waals surface area contributed by atoms with Crippen molar-refractivity contribution in [1.82, 2.24) is 5.43 Å². The molecule has 0 aromatic heterocycles. The van der Waals surface area contributed by atoms with E-state index in [-0.39, 0.29) is 23.4 Å². The molecule has 3 atom stereocenters. The molecule has 0 amide bonds. The van der Waals surface area contributed by atoms with Crippen LogP contribution in [-0.2, 0) is 4.74 Å². The van der Waals surface area contributed by atoms with Crippen molar-refractivity contribution in [2.75, 3.05) is 18.1 Å². The summed E-state index contributed by atoms with van der Waals surface area (Å²) in [6.07, 6.45) is 2.93. The van der Waals surface area contributed by atoms with Crippen LogP contribution >= 0.6 is 27.7 Å². The highest BCUT2D eigenvalue weighted by molar-refractivity contribution is 9.10. The van der Waals surface area contributed by atoms with E-state index in [1.54, 1.807) is 6.07 Å². The molecule has 1 aromatic carbocycles. The fraction of sp³-hybridized carbons (Fsp3) is 0.600. The van der Waals surface area contributed by atoms with E-state index in [1.165, 1.54) is 6.07 Å². The highest BCUT2D eigenvalue weighted by Crippen LogP contribution is 2.45. The van der Waals surface area contributed by atoms with Crippen LogP contribution in [0.3, 0.4) is 0 Å². The number of benzene rings is 1. The van der Waals surface area contributed by atoms with Gasteiger partial charge in [-0.15, -0.1) is 0 Å². The largest absolute Gasteiger partial charge is 0.374 e. The summed E-state index contributed by atoms with van der Waals surface area (Å²) in [5, 5.41) is 0. The molecule has 0 bridgehead atoms. The SMILES string of the molecule is NNC(c1c(F)cccc1Br)C1CCOC2(CCSC2)C1. The molecule has 6 heteroatoms. The summed E-state index contributed by atoms with van der Waals surface area (Å²) in [4.78, 5) is 0. The molecule has 0 aliphatic carbocycles. The number of hydrogen-bond donors (Lipinski definition) is 2. The lowest BCUT2D eigenvalue weighted by molar-refractivity contribution is -0.0856. The second-order valence-electron chi connectivity index (χ2n) is 5.87. The molecule has 2 heterocycles. The molecule has 0 saturated carbocycles. The molecule has 3 nitrogen and oxygen atoms in total. The minimum absolute atomic E-state index is 0.0274. The van der Waals surface area contributed by atoms with Gasteiger partial charge in [0.15, 0.2) is 0 Å². The Labute approximate surface area is 137 Å². The Balaban J connectivity index is 1.86. The van der Waals surface area contributed by atoms with Gasteiger partial charge < -0.3 is 4.74 Å². The fourth-order valence-electron chi connectivity index (χ4n) is 3.48. The second-order valence-corrected chi connectivity index (χ2v) is 7.83. The first-order valence-corrected chi connectivity index (χ1v) is 9.22. The van der Waals surface area contributed by atoms with Crippen LogP contribution in [0.5, 0.6) is 0 Å². The molecular weight excluding hydrogens is 355 g/mol. The molecule has 3 rings (SSSR count). The monoisotopic (exact) mass is 374 g/mol. The topological polar surface area (TPSA) is 47.3 Å². The number of halogens is 2. The Hall–Kier alpha value is -0.140. The van der Waals surface area contributed by atoms with Gasteiger partial charge in [-0.1, -0.05) is 22.0 Å². The van der Waals surface area contributed by atoms with Gasteiger partial charge in [0.2, 0.25) is 0 Å². The van der Waals surface area contributed by atoms with E-state index < -0.39 is 0 Å². The van der Waals surface area contributed by atoms with Crippen LogP contribution in [0.15, 0.2) is 22.7 Å². The predicted octanol–water partition coefficient (Wildman–Crippen LogP) is 3.39. The van der Waals surface area contributed by atoms with Gasteiger partial charge in [-0.2, -0.15) is 11.8 Å². The summed E-state index contributed by atoms with van der Waals surface area (Å²) in [7, 11) is 0. The van der Waals surface area contributed by atoms with Crippen molar-refractivity contribution in [3.63, 3.8) is 0 Å². The third kappa shape index (κ3) is 3.15. The van der Waals surface area contributed by atoms with Crippen molar-refractivity contribution in [3.8, 4) is 0 Å². The molecule has 116 valence electrons. The van der Waals surface area contributed by atoms with Crippen molar-refractivity contribution in [3.05, 3.63) is 34.1 Å². The maximum Gasteiger partial charge on any atom is 0.129 e. The van der Waals surface area contributed by atoms with Gasteiger partial charge in [0.05, 0.1) is 11.6 Å². The quantitative estimate of drug-likeness (QED) is 0.628. The van der Waals surface area contributed by atoms with Crippen LogP contribution in [-0.4, -0.2) is 23.7 Å². The molecule has 1 aromatic rings. The third-order valence-corrected chi connectivity index (χ3v) is 6.47. The first-order chi connectivity index (χ1) is 10.2. The van der Waals surface area contributed by atoms with E-state index in [1.807, 2.05) is 17.8 Å². The smallest absolute Gasteiger partial charge is 0.129 e. The Bertz CT molecular complexity index is 490. The lowest BCUT2D eigenvalue weighted by atomic mass is 9.79. The highest BCUT2D eigenvalue weighted by atomic mass is 79.9. The molecule has 2 saturated heterocycles. The van der Waals surface area contributed by atoms with E-state index in [9.17, 15) is 4.39 Å². The van der Waals surface area contributed by atoms with E-state index in [2.05, 4.69) is 21.4 Å². The Morgan fingerprint density at radius 2 is 2.38 bits per heavy atom. The second kappa shape index (κ2) is 6.54. The lowest BCUT2D eigenvalue weighted by Gasteiger charge is -2.41. The van der Waals surface area contributed by atoms with Crippen LogP contribution in [0.1, 0.15) is 30.9 Å². The van der Waals surface area contributed by atoms with Crippen molar-refractivity contribution < 1.29 is 9.13 Å². The molecule has 3 N–H and O–H groups in total. The number of nitrogens with one attached hydrogen (secondary N) is 1. The average molecular weight is 375 g/mol. The summed E-state index contributed by atoms with van der Waals surface area (Å²) in [6, 6.07) is 4.87. The van der Waals surface area contributed by atoms with Crippen LogP contribution in [0.25, 0.3) is 0 Å². The number of ether oxygens (including phenoxy) is 1. The van der Waals surface area contributed by atoms with Crippen molar-refractivity contribution >= 4 is 27.7 Å². The Morgan fingerprint density at radius 1 is 1.52 bits per heavy atom. The van der Waals surface area contributed by atoms with Crippen LogP contribution in [0, 0.1) is 11.7 Å². The molecule has 21 heavy (non-hydrogen) atoms. The van der Waals surface area contributed by atoms with Crippen molar-refractivity contribution in [2.45, 2.75) is 30.9 Å². The van der Waals surface area contributed by atoms with Gasteiger partial charge in [-0.25, -0.2) is 4.39 Å². The number of hydrogen-bond acceptors (Lipinski definition) is 4. The first-order valence-electron chi connectivity index (χ1n) is 7.27. The zero-order valence-corrected chi connectivity index (χ0v) is 14.2. The van der Waals surface area contributed by atoms with Gasteiger partial charge in [0.25, 0.3) is 0 Å². The standard InChI is InChI=1S/C15H20BrFN2OS/c16-11-2-1-3-12(17)13(11)14(19-18)10-4-6-20-15(8-10)5-7-21-9-15/h1-3,10,14,19H,4-9,18H2. The summed E-state index contributed by atoms with van der Waals surface area (Å²) in [5.41, 5.74) is 3.45. The van der Waals surface area contributed by atoms with Crippen LogP contribution in [0.4, 0.5) is 4.39 Å². The van der Waals surface area contributed by atoms with Crippen LogP contribution < -0.4 is 11.3 Å². The first kappa shape index (κ1) is 15.7. The normalized spacial score (nSPS) is 30.7. The maximum atomic E-state index is 14.3. The molecule has 1 spiro atoms. The molecule has 3 unspecified atom stereocenters. The van der Waals surface area contributed by atoms with E-state index >= 15 is 0 Å². The van der Waals surface area contributed by atoms with Crippen molar-refractivity contribution in [1.29, 1.82) is 0 Å². The molecule has 0 radical (unpaired) electrons. The Morgan fingerprint density at radius 3 is 3.05 bits per heavy atom. The van der Waals surface area contributed by atoms with E-state index in [0.29, 0.717) is 5.56 Å². The van der Waals surface area contributed by atoms with E-state index in [0.717, 1.165) is 41.8 Å². The van der Waals surface area contributed by atoms with Gasteiger partial charge in [0.1, 0.15) is 5.82 Å². The van der Waals surface area contributed by atoms with E-state index in [4.69, 9.17) is 10.6 Å². The molecule has 2 aliphatic rings. The molecule has 2 aliphatic heterocycles. The molecule has 2 fully saturated rings. The van der Waals surface area contributed by atoms with Gasteiger partial charge in [-0.05, 0) is 43.1 Å². The minimum Gasteiger partial charge on any atom is -0.374 e. The number of thioether (sulfide) groups is 1. The predicted molar refractivity (Wildman–Crippen MR) is 87.5 cm³/mol. The zero-order valence-electron chi connectivity index (χ0n) is 11.8. The third-order valence-electron chi connectivity index (χ3n) is 4.56. The summed E-state index contributed by atoms with van der Waals surface area (Å²) >= 11 is 5.40. The van der Waals surface area contributed by atoms with Crippen molar-refractivity contribution in [2.24, 2.45) is 11.8 Å². The maximum absolute atomic E-state index is 14.3. The lowest BCUT2D eigenvalue weighted by Crippen LogP contribution is -2.45. The summed E-state index contributed by atoms with van der Waals surface area (Å²) in [6.45, 7) is 0.732. The highest BCUT2D eigenvalue weighted by Gasteiger charge is 2.43. The summed E-state index contributed by atoms with van der Waals surface area (Å²) in [5.74, 6) is 8.04. The number of rotatable bonds is 3. The van der Waals surface area contributed by atoms with Gasteiger partial charge in [0, 0.05) is 22.4 Å². The number of nitrogens with two attached hydrogens (primary N) is 1. The Kier molecular flexibility index (Phi) is 4.90. The molecular formula is C15H20BrFN2OS. The summed E-state index contributed by atoms with van der Waals surface area (Å²) < 4.78 is 21.1. The van der Waals surface area contributed by atoms with Crippen LogP contribution in [0.2, 0.25) is 0 Å². The van der Waals surface area contributed by atoms with Gasteiger partial charge >= 0.3 is 0 Å². The zero-order chi connectivity index (χ0) is 14.9. The average Bonchev–Trinajstić information content (AvgIpc) is 2.91.